The lowest BCUT2D eigenvalue weighted by molar-refractivity contribution is 0.0892. The van der Waals surface area contributed by atoms with Crippen LogP contribution in [0.3, 0.4) is 0 Å². The molecule has 1 unspecified atom stereocenters. The predicted molar refractivity (Wildman–Crippen MR) is 71.2 cm³/mol. The minimum atomic E-state index is -0.193. The maximum absolute atomic E-state index is 14.1. The van der Waals surface area contributed by atoms with Crippen molar-refractivity contribution in [3.05, 3.63) is 29.6 Å². The Labute approximate surface area is 108 Å². The number of ether oxygens (including phenoxy) is 1. The number of anilines is 1. The molecule has 3 nitrogen and oxygen atoms in total. The van der Waals surface area contributed by atoms with Crippen molar-refractivity contribution < 1.29 is 9.13 Å². The zero-order chi connectivity index (χ0) is 13.1. The van der Waals surface area contributed by atoms with Crippen molar-refractivity contribution in [3.63, 3.8) is 0 Å². The molecule has 4 heteroatoms. The molecule has 0 spiro atoms. The summed E-state index contributed by atoms with van der Waals surface area (Å²) in [5, 5.41) is 0. The van der Waals surface area contributed by atoms with E-state index in [1.54, 1.807) is 7.11 Å². The van der Waals surface area contributed by atoms with Crippen molar-refractivity contribution in [1.82, 2.24) is 0 Å². The summed E-state index contributed by atoms with van der Waals surface area (Å²) in [6.07, 6.45) is 2.28. The number of nitrogens with zero attached hydrogens (tertiary/aromatic N) is 1. The van der Waals surface area contributed by atoms with Gasteiger partial charge in [-0.05, 0) is 37.5 Å². The number of piperidine rings is 1. The Morgan fingerprint density at radius 2 is 2.28 bits per heavy atom. The van der Waals surface area contributed by atoms with Crippen LogP contribution in [0.4, 0.5) is 10.1 Å². The average Bonchev–Trinajstić information content (AvgIpc) is 2.38. The van der Waals surface area contributed by atoms with Gasteiger partial charge in [-0.1, -0.05) is 6.07 Å². The maximum Gasteiger partial charge on any atom is 0.146 e. The van der Waals surface area contributed by atoms with E-state index in [1.807, 2.05) is 19.1 Å². The topological polar surface area (TPSA) is 38.5 Å². The lowest BCUT2D eigenvalue weighted by atomic mass is 10.0. The Kier molecular flexibility index (Phi) is 4.19. The van der Waals surface area contributed by atoms with Crippen molar-refractivity contribution in [2.75, 3.05) is 25.1 Å². The van der Waals surface area contributed by atoms with Crippen LogP contribution in [0.5, 0.6) is 0 Å². The molecule has 1 fully saturated rings. The fourth-order valence-corrected chi connectivity index (χ4v) is 2.41. The SMILES string of the molecule is COC1CCCN(c2ccc([C@@H](C)N)cc2F)C1. The molecule has 0 radical (unpaired) electrons. The number of methoxy groups -OCH3 is 1. The summed E-state index contributed by atoms with van der Waals surface area (Å²) in [5.74, 6) is -0.193. The van der Waals surface area contributed by atoms with E-state index in [9.17, 15) is 4.39 Å². The highest BCUT2D eigenvalue weighted by molar-refractivity contribution is 5.50. The van der Waals surface area contributed by atoms with E-state index in [2.05, 4.69) is 4.90 Å². The van der Waals surface area contributed by atoms with Gasteiger partial charge in [-0.25, -0.2) is 4.39 Å². The Morgan fingerprint density at radius 3 is 2.89 bits per heavy atom. The van der Waals surface area contributed by atoms with E-state index in [4.69, 9.17) is 10.5 Å². The lowest BCUT2D eigenvalue weighted by Crippen LogP contribution is -2.39. The summed E-state index contributed by atoms with van der Waals surface area (Å²) in [4.78, 5) is 2.05. The van der Waals surface area contributed by atoms with Crippen LogP contribution in [0.2, 0.25) is 0 Å². The molecule has 0 aliphatic carbocycles. The molecule has 1 heterocycles. The molecular formula is C14H21FN2O. The number of halogens is 1. The summed E-state index contributed by atoms with van der Waals surface area (Å²) in [6, 6.07) is 5.13. The van der Waals surface area contributed by atoms with E-state index in [-0.39, 0.29) is 18.0 Å². The summed E-state index contributed by atoms with van der Waals surface area (Å²) >= 11 is 0. The van der Waals surface area contributed by atoms with Crippen molar-refractivity contribution in [2.45, 2.75) is 31.9 Å². The van der Waals surface area contributed by atoms with E-state index >= 15 is 0 Å². The standard InChI is InChI=1S/C14H21FN2O/c1-10(16)11-5-6-14(13(15)8-11)17-7-3-4-12(9-17)18-2/h5-6,8,10,12H,3-4,7,9,16H2,1-2H3/t10-,12?/m1/s1. The second kappa shape index (κ2) is 5.67. The summed E-state index contributed by atoms with van der Waals surface area (Å²) in [7, 11) is 1.71. The molecule has 100 valence electrons. The van der Waals surface area contributed by atoms with Crippen molar-refractivity contribution >= 4 is 5.69 Å². The van der Waals surface area contributed by atoms with Crippen LogP contribution < -0.4 is 10.6 Å². The van der Waals surface area contributed by atoms with Crippen molar-refractivity contribution in [3.8, 4) is 0 Å². The molecule has 0 amide bonds. The van der Waals surface area contributed by atoms with Gasteiger partial charge in [-0.2, -0.15) is 0 Å². The molecule has 1 saturated heterocycles. The molecule has 2 rings (SSSR count). The summed E-state index contributed by atoms with van der Waals surface area (Å²) < 4.78 is 19.4. The lowest BCUT2D eigenvalue weighted by Gasteiger charge is -2.34. The normalized spacial score (nSPS) is 22.0. The highest BCUT2D eigenvalue weighted by Gasteiger charge is 2.21. The van der Waals surface area contributed by atoms with Gasteiger partial charge in [0.05, 0.1) is 11.8 Å². The van der Waals surface area contributed by atoms with Gasteiger partial charge in [0.1, 0.15) is 5.82 Å². The first-order valence-electron chi connectivity index (χ1n) is 6.44. The molecule has 2 N–H and O–H groups in total. The molecule has 0 bridgehead atoms. The molecule has 1 aliphatic rings. The van der Waals surface area contributed by atoms with Gasteiger partial charge < -0.3 is 15.4 Å². The van der Waals surface area contributed by atoms with Crippen LogP contribution in [0, 0.1) is 5.82 Å². The maximum atomic E-state index is 14.1. The first kappa shape index (κ1) is 13.3. The quantitative estimate of drug-likeness (QED) is 0.898. The monoisotopic (exact) mass is 252 g/mol. The fraction of sp³-hybridized carbons (Fsp3) is 0.571. The summed E-state index contributed by atoms with van der Waals surface area (Å²) in [5.41, 5.74) is 7.24. The molecule has 0 aromatic heterocycles. The average molecular weight is 252 g/mol. The van der Waals surface area contributed by atoms with E-state index in [0.29, 0.717) is 5.69 Å². The first-order chi connectivity index (χ1) is 8.61. The minimum Gasteiger partial charge on any atom is -0.380 e. The summed E-state index contributed by atoms with van der Waals surface area (Å²) in [6.45, 7) is 3.50. The van der Waals surface area contributed by atoms with Gasteiger partial charge in [0.15, 0.2) is 0 Å². The van der Waals surface area contributed by atoms with Gasteiger partial charge >= 0.3 is 0 Å². The van der Waals surface area contributed by atoms with Crippen LogP contribution in [0.1, 0.15) is 31.4 Å². The highest BCUT2D eigenvalue weighted by atomic mass is 19.1. The third-order valence-electron chi connectivity index (χ3n) is 3.55. The van der Waals surface area contributed by atoms with Gasteiger partial charge in [0, 0.05) is 26.2 Å². The van der Waals surface area contributed by atoms with Crippen molar-refractivity contribution in [1.29, 1.82) is 0 Å². The largest absolute Gasteiger partial charge is 0.380 e. The van der Waals surface area contributed by atoms with Crippen LogP contribution in [-0.4, -0.2) is 26.3 Å². The zero-order valence-corrected chi connectivity index (χ0v) is 11.0. The van der Waals surface area contributed by atoms with Gasteiger partial charge in [0.25, 0.3) is 0 Å². The van der Waals surface area contributed by atoms with E-state index in [0.717, 1.165) is 31.5 Å². The Hall–Kier alpha value is -1.13. The molecule has 1 aromatic rings. The second-order valence-corrected chi connectivity index (χ2v) is 4.95. The Balaban J connectivity index is 2.17. The van der Waals surface area contributed by atoms with Crippen LogP contribution in [-0.2, 0) is 4.74 Å². The first-order valence-corrected chi connectivity index (χ1v) is 6.44. The highest BCUT2D eigenvalue weighted by Crippen LogP contribution is 2.26. The molecule has 18 heavy (non-hydrogen) atoms. The smallest absolute Gasteiger partial charge is 0.146 e. The molecular weight excluding hydrogens is 231 g/mol. The van der Waals surface area contributed by atoms with Gasteiger partial charge in [-0.15, -0.1) is 0 Å². The van der Waals surface area contributed by atoms with Crippen LogP contribution in [0.15, 0.2) is 18.2 Å². The number of rotatable bonds is 3. The van der Waals surface area contributed by atoms with Crippen molar-refractivity contribution in [2.24, 2.45) is 5.73 Å². The predicted octanol–water partition coefficient (Wildman–Crippen LogP) is 2.46. The molecule has 2 atom stereocenters. The fourth-order valence-electron chi connectivity index (χ4n) is 2.41. The molecule has 0 saturated carbocycles. The number of hydrogen-bond donors (Lipinski definition) is 1. The number of hydrogen-bond acceptors (Lipinski definition) is 3. The molecule has 1 aliphatic heterocycles. The second-order valence-electron chi connectivity index (χ2n) is 4.95. The van der Waals surface area contributed by atoms with Crippen LogP contribution in [0.25, 0.3) is 0 Å². The molecule has 1 aromatic carbocycles. The minimum absolute atomic E-state index is 0.137. The zero-order valence-electron chi connectivity index (χ0n) is 11.0. The number of nitrogens with two attached hydrogens (primary N) is 1. The van der Waals surface area contributed by atoms with E-state index < -0.39 is 0 Å². The Morgan fingerprint density at radius 1 is 1.50 bits per heavy atom. The number of benzene rings is 1. The van der Waals surface area contributed by atoms with Gasteiger partial charge in [0.2, 0.25) is 0 Å². The van der Waals surface area contributed by atoms with Gasteiger partial charge in [-0.3, -0.25) is 0 Å². The third-order valence-corrected chi connectivity index (χ3v) is 3.55. The Bertz CT molecular complexity index is 409. The third kappa shape index (κ3) is 2.82. The van der Waals surface area contributed by atoms with E-state index in [1.165, 1.54) is 6.07 Å². The van der Waals surface area contributed by atoms with Crippen LogP contribution >= 0.6 is 0 Å².